The maximum Gasteiger partial charge on any atom is 0.309 e. The van der Waals surface area contributed by atoms with Gasteiger partial charge >= 0.3 is 5.97 Å². The Hall–Kier alpha value is -1.55. The molecule has 4 heteroatoms. The van der Waals surface area contributed by atoms with Crippen molar-refractivity contribution in [3.63, 3.8) is 0 Å². The summed E-state index contributed by atoms with van der Waals surface area (Å²) in [5.74, 6) is 0.654. The number of carbonyl (C=O) groups excluding carboxylic acids is 1. The van der Waals surface area contributed by atoms with Crippen molar-refractivity contribution in [3.05, 3.63) is 29.8 Å². The van der Waals surface area contributed by atoms with Crippen LogP contribution in [0.15, 0.2) is 24.3 Å². The molecule has 19 heavy (non-hydrogen) atoms. The average Bonchev–Trinajstić information content (AvgIpc) is 2.45. The fourth-order valence-electron chi connectivity index (χ4n) is 2.44. The van der Waals surface area contributed by atoms with E-state index in [0.717, 1.165) is 37.0 Å². The van der Waals surface area contributed by atoms with E-state index in [-0.39, 0.29) is 17.9 Å². The summed E-state index contributed by atoms with van der Waals surface area (Å²) in [6, 6.07) is 7.67. The third-order valence-corrected chi connectivity index (χ3v) is 3.59. The number of nitrogens with two attached hydrogens (primary N) is 1. The van der Waals surface area contributed by atoms with Gasteiger partial charge < -0.3 is 15.2 Å². The van der Waals surface area contributed by atoms with E-state index in [1.165, 1.54) is 0 Å². The summed E-state index contributed by atoms with van der Waals surface area (Å²) in [4.78, 5) is 11.9. The summed E-state index contributed by atoms with van der Waals surface area (Å²) < 4.78 is 10.4. The van der Waals surface area contributed by atoms with E-state index in [0.29, 0.717) is 6.61 Å². The Balaban J connectivity index is 1.82. The van der Waals surface area contributed by atoms with Gasteiger partial charge in [0.05, 0.1) is 13.0 Å². The van der Waals surface area contributed by atoms with E-state index in [9.17, 15) is 4.79 Å². The number of rotatable bonds is 4. The highest BCUT2D eigenvalue weighted by Crippen LogP contribution is 2.24. The quantitative estimate of drug-likeness (QED) is 0.846. The van der Waals surface area contributed by atoms with Gasteiger partial charge in [0.25, 0.3) is 0 Å². The number of carbonyl (C=O) groups is 1. The van der Waals surface area contributed by atoms with Crippen molar-refractivity contribution in [1.29, 1.82) is 0 Å². The third kappa shape index (κ3) is 3.96. The number of hydrogen-bond donors (Lipinski definition) is 1. The monoisotopic (exact) mass is 263 g/mol. The van der Waals surface area contributed by atoms with Crippen LogP contribution in [0.3, 0.4) is 0 Å². The van der Waals surface area contributed by atoms with Gasteiger partial charge in [0.1, 0.15) is 12.4 Å². The van der Waals surface area contributed by atoms with Crippen molar-refractivity contribution in [2.24, 2.45) is 11.7 Å². The molecule has 1 aliphatic carbocycles. The van der Waals surface area contributed by atoms with Gasteiger partial charge in [0.2, 0.25) is 0 Å². The second kappa shape index (κ2) is 6.57. The van der Waals surface area contributed by atoms with Crippen molar-refractivity contribution in [1.82, 2.24) is 0 Å². The van der Waals surface area contributed by atoms with Crippen LogP contribution in [0, 0.1) is 5.92 Å². The minimum Gasteiger partial charge on any atom is -0.497 e. The highest BCUT2D eigenvalue weighted by atomic mass is 16.5. The molecule has 0 radical (unpaired) electrons. The molecule has 0 aliphatic heterocycles. The molecule has 2 unspecified atom stereocenters. The first kappa shape index (κ1) is 13.9. The zero-order valence-corrected chi connectivity index (χ0v) is 11.3. The molecule has 1 aromatic rings. The molecule has 1 saturated carbocycles. The fraction of sp³-hybridized carbons (Fsp3) is 0.533. The van der Waals surface area contributed by atoms with E-state index < -0.39 is 0 Å². The zero-order valence-electron chi connectivity index (χ0n) is 11.3. The SMILES string of the molecule is COc1ccc(COC(=O)C2CCCC(N)C2)cc1. The first-order valence-electron chi connectivity index (χ1n) is 6.74. The summed E-state index contributed by atoms with van der Waals surface area (Å²) in [7, 11) is 1.63. The van der Waals surface area contributed by atoms with Gasteiger partial charge in [-0.3, -0.25) is 4.79 Å². The van der Waals surface area contributed by atoms with Crippen LogP contribution in [0.1, 0.15) is 31.2 Å². The lowest BCUT2D eigenvalue weighted by Crippen LogP contribution is -2.32. The van der Waals surface area contributed by atoms with E-state index >= 15 is 0 Å². The highest BCUT2D eigenvalue weighted by molar-refractivity contribution is 5.72. The molecule has 1 aromatic carbocycles. The van der Waals surface area contributed by atoms with Crippen LogP contribution in [-0.4, -0.2) is 19.1 Å². The second-order valence-electron chi connectivity index (χ2n) is 5.08. The molecule has 4 nitrogen and oxygen atoms in total. The van der Waals surface area contributed by atoms with Crippen LogP contribution in [-0.2, 0) is 16.1 Å². The molecule has 0 bridgehead atoms. The summed E-state index contributed by atoms with van der Waals surface area (Å²) in [5, 5.41) is 0. The highest BCUT2D eigenvalue weighted by Gasteiger charge is 2.26. The molecule has 1 fully saturated rings. The van der Waals surface area contributed by atoms with Crippen molar-refractivity contribution >= 4 is 5.97 Å². The van der Waals surface area contributed by atoms with Gasteiger partial charge in [-0.15, -0.1) is 0 Å². The maximum absolute atomic E-state index is 11.9. The summed E-state index contributed by atoms with van der Waals surface area (Å²) in [5.41, 5.74) is 6.85. The lowest BCUT2D eigenvalue weighted by atomic mass is 9.86. The van der Waals surface area contributed by atoms with E-state index in [1.807, 2.05) is 24.3 Å². The van der Waals surface area contributed by atoms with Crippen molar-refractivity contribution in [3.8, 4) is 5.75 Å². The molecule has 0 heterocycles. The molecule has 2 rings (SSSR count). The average molecular weight is 263 g/mol. The molecule has 104 valence electrons. The van der Waals surface area contributed by atoms with Crippen LogP contribution < -0.4 is 10.5 Å². The molecule has 2 atom stereocenters. The van der Waals surface area contributed by atoms with E-state index in [2.05, 4.69) is 0 Å². The Bertz CT molecular complexity index is 416. The lowest BCUT2D eigenvalue weighted by molar-refractivity contribution is -0.151. The number of esters is 1. The molecule has 0 spiro atoms. The van der Waals surface area contributed by atoms with Crippen LogP contribution in [0.2, 0.25) is 0 Å². The predicted octanol–water partition coefficient (Wildman–Crippen LogP) is 2.26. The zero-order chi connectivity index (χ0) is 13.7. The normalized spacial score (nSPS) is 22.8. The van der Waals surface area contributed by atoms with E-state index in [1.54, 1.807) is 7.11 Å². The maximum atomic E-state index is 11.9. The van der Waals surface area contributed by atoms with Gasteiger partial charge in [-0.25, -0.2) is 0 Å². The molecule has 0 saturated heterocycles. The van der Waals surface area contributed by atoms with Gasteiger partial charge in [-0.05, 0) is 37.0 Å². The Morgan fingerprint density at radius 3 is 2.68 bits per heavy atom. The van der Waals surface area contributed by atoms with Crippen molar-refractivity contribution in [2.45, 2.75) is 38.3 Å². The van der Waals surface area contributed by atoms with Gasteiger partial charge in [-0.2, -0.15) is 0 Å². The fourth-order valence-corrected chi connectivity index (χ4v) is 2.44. The number of benzene rings is 1. The third-order valence-electron chi connectivity index (χ3n) is 3.59. The van der Waals surface area contributed by atoms with Gasteiger partial charge in [0.15, 0.2) is 0 Å². The minimum absolute atomic E-state index is 0.0259. The summed E-state index contributed by atoms with van der Waals surface area (Å²) in [6.07, 6.45) is 3.68. The van der Waals surface area contributed by atoms with E-state index in [4.69, 9.17) is 15.2 Å². The van der Waals surface area contributed by atoms with Crippen molar-refractivity contribution < 1.29 is 14.3 Å². The lowest BCUT2D eigenvalue weighted by Gasteiger charge is -2.24. The first-order valence-corrected chi connectivity index (χ1v) is 6.74. The Labute approximate surface area is 113 Å². The summed E-state index contributed by atoms with van der Waals surface area (Å²) in [6.45, 7) is 0.314. The number of ether oxygens (including phenoxy) is 2. The topological polar surface area (TPSA) is 61.5 Å². The first-order chi connectivity index (χ1) is 9.19. The molecule has 0 aromatic heterocycles. The van der Waals surface area contributed by atoms with Crippen LogP contribution in [0.25, 0.3) is 0 Å². The molecular formula is C15H21NO3. The minimum atomic E-state index is -0.119. The van der Waals surface area contributed by atoms with Gasteiger partial charge in [0, 0.05) is 6.04 Å². The molecule has 2 N–H and O–H groups in total. The standard InChI is InChI=1S/C15H21NO3/c1-18-14-7-5-11(6-8-14)10-19-15(17)12-3-2-4-13(16)9-12/h5-8,12-13H,2-4,9-10,16H2,1H3. The van der Waals surface area contributed by atoms with Crippen LogP contribution in [0.5, 0.6) is 5.75 Å². The van der Waals surface area contributed by atoms with Crippen molar-refractivity contribution in [2.75, 3.05) is 7.11 Å². The Morgan fingerprint density at radius 1 is 1.32 bits per heavy atom. The molecule has 1 aliphatic rings. The smallest absolute Gasteiger partial charge is 0.309 e. The van der Waals surface area contributed by atoms with Gasteiger partial charge in [-0.1, -0.05) is 18.6 Å². The predicted molar refractivity (Wildman–Crippen MR) is 72.7 cm³/mol. The number of hydrogen-bond acceptors (Lipinski definition) is 4. The van der Waals surface area contributed by atoms with Crippen LogP contribution in [0.4, 0.5) is 0 Å². The molecular weight excluding hydrogens is 242 g/mol. The summed E-state index contributed by atoms with van der Waals surface area (Å²) >= 11 is 0. The van der Waals surface area contributed by atoms with Crippen LogP contribution >= 0.6 is 0 Å². The Kier molecular flexibility index (Phi) is 4.80. The number of methoxy groups -OCH3 is 1. The molecule has 0 amide bonds. The Morgan fingerprint density at radius 2 is 2.05 bits per heavy atom. The largest absolute Gasteiger partial charge is 0.497 e. The second-order valence-corrected chi connectivity index (χ2v) is 5.08.